The van der Waals surface area contributed by atoms with Crippen molar-refractivity contribution in [3.8, 4) is 0 Å². The number of hydrogen-bond donors (Lipinski definition) is 2. The molecule has 1 aliphatic rings. The van der Waals surface area contributed by atoms with Crippen LogP contribution in [0.15, 0.2) is 53.4 Å². The third-order valence-electron chi connectivity index (χ3n) is 3.59. The van der Waals surface area contributed by atoms with Crippen LogP contribution in [0, 0.1) is 0 Å². The smallest absolute Gasteiger partial charge is 0.241 e. The van der Waals surface area contributed by atoms with Gasteiger partial charge in [0.25, 0.3) is 0 Å². The molecule has 0 amide bonds. The number of sulfonamides is 1. The largest absolute Gasteiger partial charge is 0.391 e. The topological polar surface area (TPSA) is 66.4 Å². The molecule has 6 heteroatoms. The quantitative estimate of drug-likeness (QED) is 0.910. The zero-order valence-electron chi connectivity index (χ0n) is 11.0. The number of aliphatic hydroxyl groups excluding tert-OH is 1. The fraction of sp³-hybridized carbons (Fsp3) is 0.200. The maximum atomic E-state index is 12.4. The number of nitrogens with one attached hydrogen (secondary N) is 1. The second-order valence-corrected chi connectivity index (χ2v) is 7.18. The van der Waals surface area contributed by atoms with Gasteiger partial charge in [0.2, 0.25) is 10.0 Å². The highest BCUT2D eigenvalue weighted by Crippen LogP contribution is 2.32. The molecule has 1 aliphatic carbocycles. The molecule has 2 N–H and O–H groups in total. The summed E-state index contributed by atoms with van der Waals surface area (Å²) in [6, 6.07) is 12.8. The lowest BCUT2D eigenvalue weighted by Crippen LogP contribution is -2.33. The van der Waals surface area contributed by atoms with E-state index in [2.05, 4.69) is 4.72 Å². The van der Waals surface area contributed by atoms with Crippen LogP contribution in [0.5, 0.6) is 0 Å². The Labute approximate surface area is 128 Å². The average molecular weight is 324 g/mol. The van der Waals surface area contributed by atoms with Gasteiger partial charge in [-0.15, -0.1) is 0 Å². The Balaban J connectivity index is 1.93. The lowest BCUT2D eigenvalue weighted by molar-refractivity contribution is 0.151. The summed E-state index contributed by atoms with van der Waals surface area (Å²) < 4.78 is 27.4. The van der Waals surface area contributed by atoms with E-state index in [1.165, 1.54) is 12.1 Å². The van der Waals surface area contributed by atoms with Crippen molar-refractivity contribution in [2.24, 2.45) is 0 Å². The van der Waals surface area contributed by atoms with Crippen molar-refractivity contribution >= 4 is 21.6 Å². The number of hydrogen-bond acceptors (Lipinski definition) is 3. The van der Waals surface area contributed by atoms with Gasteiger partial charge in [-0.25, -0.2) is 13.1 Å². The molecule has 2 atom stereocenters. The molecule has 2 aromatic carbocycles. The average Bonchev–Trinajstić information content (AvgIpc) is 2.75. The van der Waals surface area contributed by atoms with Crippen molar-refractivity contribution in [2.45, 2.75) is 23.5 Å². The molecule has 3 rings (SSSR count). The van der Waals surface area contributed by atoms with Crippen LogP contribution >= 0.6 is 11.6 Å². The molecule has 4 nitrogen and oxygen atoms in total. The normalized spacial score (nSPS) is 21.2. The molecule has 0 spiro atoms. The van der Waals surface area contributed by atoms with Crippen molar-refractivity contribution in [1.29, 1.82) is 0 Å². The van der Waals surface area contributed by atoms with E-state index in [1.807, 2.05) is 24.3 Å². The summed E-state index contributed by atoms with van der Waals surface area (Å²) in [6.07, 6.45) is -0.324. The standard InChI is InChI=1S/C15H14ClNO3S/c16-11-5-3-6-12(9-11)21(19,20)17-15-13-7-2-1-4-10(13)8-14(15)18/h1-7,9,14-15,17-18H,8H2/t14-,15+/m1/s1. The zero-order chi connectivity index (χ0) is 15.0. The molecular formula is C15H14ClNO3S. The van der Waals surface area contributed by atoms with Crippen LogP contribution in [0.4, 0.5) is 0 Å². The zero-order valence-corrected chi connectivity index (χ0v) is 12.6. The molecule has 0 bridgehead atoms. The van der Waals surface area contributed by atoms with Crippen molar-refractivity contribution in [1.82, 2.24) is 4.72 Å². The van der Waals surface area contributed by atoms with E-state index in [4.69, 9.17) is 11.6 Å². The van der Waals surface area contributed by atoms with E-state index in [-0.39, 0.29) is 4.90 Å². The van der Waals surface area contributed by atoms with Gasteiger partial charge in [0, 0.05) is 11.4 Å². The minimum atomic E-state index is -3.74. The highest BCUT2D eigenvalue weighted by Gasteiger charge is 2.34. The lowest BCUT2D eigenvalue weighted by atomic mass is 10.1. The number of aliphatic hydroxyl groups is 1. The third kappa shape index (κ3) is 2.82. The van der Waals surface area contributed by atoms with Crippen LogP contribution in [0.2, 0.25) is 5.02 Å². The summed E-state index contributed by atoms with van der Waals surface area (Å²) in [5.74, 6) is 0. The van der Waals surface area contributed by atoms with Gasteiger partial charge in [-0.3, -0.25) is 0 Å². The number of rotatable bonds is 3. The van der Waals surface area contributed by atoms with Gasteiger partial charge in [0.05, 0.1) is 17.0 Å². The molecule has 110 valence electrons. The van der Waals surface area contributed by atoms with Gasteiger partial charge in [-0.1, -0.05) is 41.9 Å². The second-order valence-electron chi connectivity index (χ2n) is 5.03. The molecule has 0 aromatic heterocycles. The maximum absolute atomic E-state index is 12.4. The van der Waals surface area contributed by atoms with E-state index in [0.717, 1.165) is 11.1 Å². The highest BCUT2D eigenvalue weighted by molar-refractivity contribution is 7.89. The fourth-order valence-corrected chi connectivity index (χ4v) is 4.13. The van der Waals surface area contributed by atoms with Crippen LogP contribution < -0.4 is 4.72 Å². The molecule has 2 aromatic rings. The summed E-state index contributed by atoms with van der Waals surface area (Å²) in [5, 5.41) is 10.5. The first-order chi connectivity index (χ1) is 9.97. The summed E-state index contributed by atoms with van der Waals surface area (Å²) >= 11 is 5.84. The molecular weight excluding hydrogens is 310 g/mol. The monoisotopic (exact) mass is 323 g/mol. The summed E-state index contributed by atoms with van der Waals surface area (Å²) in [4.78, 5) is 0.0894. The predicted octanol–water partition coefficient (Wildman–Crippen LogP) is 2.28. The third-order valence-corrected chi connectivity index (χ3v) is 5.27. The fourth-order valence-electron chi connectivity index (χ4n) is 2.59. The minimum Gasteiger partial charge on any atom is -0.391 e. The van der Waals surface area contributed by atoms with Crippen molar-refractivity contribution < 1.29 is 13.5 Å². The second kappa shape index (κ2) is 5.42. The molecule has 0 saturated carbocycles. The molecule has 0 heterocycles. The number of halogens is 1. The molecule has 0 saturated heterocycles. The minimum absolute atomic E-state index is 0.0894. The Hall–Kier alpha value is -1.40. The summed E-state index contributed by atoms with van der Waals surface area (Å²) in [7, 11) is -3.74. The van der Waals surface area contributed by atoms with Gasteiger partial charge in [0.15, 0.2) is 0 Å². The van der Waals surface area contributed by atoms with Crippen LogP contribution in [0.1, 0.15) is 17.2 Å². The van der Waals surface area contributed by atoms with E-state index >= 15 is 0 Å². The van der Waals surface area contributed by atoms with Gasteiger partial charge < -0.3 is 5.11 Å². The Kier molecular flexibility index (Phi) is 3.75. The number of benzene rings is 2. The molecule has 0 fully saturated rings. The van der Waals surface area contributed by atoms with Crippen LogP contribution in [0.25, 0.3) is 0 Å². The Morgan fingerprint density at radius 2 is 1.90 bits per heavy atom. The first kappa shape index (κ1) is 14.5. The van der Waals surface area contributed by atoms with Crippen LogP contribution in [-0.2, 0) is 16.4 Å². The Morgan fingerprint density at radius 3 is 2.67 bits per heavy atom. The first-order valence-electron chi connectivity index (χ1n) is 6.51. The molecule has 0 radical (unpaired) electrons. The van der Waals surface area contributed by atoms with E-state index in [1.54, 1.807) is 12.1 Å². The Morgan fingerprint density at radius 1 is 1.14 bits per heavy atom. The lowest BCUT2D eigenvalue weighted by Gasteiger charge is -2.18. The van der Waals surface area contributed by atoms with E-state index in [0.29, 0.717) is 11.4 Å². The van der Waals surface area contributed by atoms with Gasteiger partial charge in [-0.2, -0.15) is 0 Å². The van der Waals surface area contributed by atoms with Crippen molar-refractivity contribution in [3.63, 3.8) is 0 Å². The predicted molar refractivity (Wildman–Crippen MR) is 80.7 cm³/mol. The van der Waals surface area contributed by atoms with Gasteiger partial charge >= 0.3 is 0 Å². The SMILES string of the molecule is O=S(=O)(N[C@H]1c2ccccc2C[C@H]1O)c1cccc(Cl)c1. The van der Waals surface area contributed by atoms with Gasteiger partial charge in [-0.05, 0) is 29.3 Å². The molecule has 21 heavy (non-hydrogen) atoms. The maximum Gasteiger partial charge on any atom is 0.241 e. The first-order valence-corrected chi connectivity index (χ1v) is 8.37. The van der Waals surface area contributed by atoms with E-state index < -0.39 is 22.2 Å². The van der Waals surface area contributed by atoms with Crippen molar-refractivity contribution in [2.75, 3.05) is 0 Å². The van der Waals surface area contributed by atoms with E-state index in [9.17, 15) is 13.5 Å². The summed E-state index contributed by atoms with van der Waals surface area (Å²) in [6.45, 7) is 0. The van der Waals surface area contributed by atoms with Crippen LogP contribution in [0.3, 0.4) is 0 Å². The van der Waals surface area contributed by atoms with Crippen molar-refractivity contribution in [3.05, 3.63) is 64.7 Å². The Bertz CT molecular complexity index is 776. The highest BCUT2D eigenvalue weighted by atomic mass is 35.5. The molecule has 0 unspecified atom stereocenters. The van der Waals surface area contributed by atoms with Gasteiger partial charge in [0.1, 0.15) is 0 Å². The molecule has 0 aliphatic heterocycles. The summed E-state index contributed by atoms with van der Waals surface area (Å²) in [5.41, 5.74) is 1.78. The number of fused-ring (bicyclic) bond motifs is 1. The van der Waals surface area contributed by atoms with Crippen LogP contribution in [-0.4, -0.2) is 19.6 Å².